The van der Waals surface area contributed by atoms with Crippen molar-refractivity contribution in [3.05, 3.63) is 58.1 Å². The summed E-state index contributed by atoms with van der Waals surface area (Å²) in [5.41, 5.74) is 0.834. The number of rotatable bonds is 10. The summed E-state index contributed by atoms with van der Waals surface area (Å²) >= 11 is 6.09. The summed E-state index contributed by atoms with van der Waals surface area (Å²) in [4.78, 5) is 20.1. The van der Waals surface area contributed by atoms with Crippen molar-refractivity contribution in [3.63, 3.8) is 0 Å². The number of benzene rings is 2. The summed E-state index contributed by atoms with van der Waals surface area (Å²) in [7, 11) is 0.726. The fourth-order valence-electron chi connectivity index (χ4n) is 4.63. The average molecular weight is 549 g/mol. The number of likely N-dealkylation sites (tertiary alicyclic amines) is 1. The molecule has 1 N–H and O–H groups in total. The van der Waals surface area contributed by atoms with Crippen LogP contribution in [0.4, 0.5) is 14.7 Å². The quantitative estimate of drug-likeness (QED) is 0.185. The van der Waals surface area contributed by atoms with E-state index >= 15 is 4.39 Å². The van der Waals surface area contributed by atoms with Crippen molar-refractivity contribution in [2.75, 3.05) is 32.1 Å². The highest BCUT2D eigenvalue weighted by Gasteiger charge is 2.27. The van der Waals surface area contributed by atoms with Crippen molar-refractivity contribution >= 4 is 42.4 Å². The molecule has 1 aromatic heterocycles. The smallest absolute Gasteiger partial charge is 0.206 e. The lowest BCUT2D eigenvalue weighted by molar-refractivity contribution is 0.0905. The van der Waals surface area contributed by atoms with Crippen molar-refractivity contribution in [2.24, 2.45) is 0 Å². The van der Waals surface area contributed by atoms with Crippen LogP contribution in [0.1, 0.15) is 28.8 Å². The molecule has 1 atom stereocenters. The van der Waals surface area contributed by atoms with E-state index in [2.05, 4.69) is 41.9 Å². The van der Waals surface area contributed by atoms with Crippen LogP contribution < -0.4 is 5.32 Å². The van der Waals surface area contributed by atoms with Gasteiger partial charge in [-0.2, -0.15) is 0 Å². The summed E-state index contributed by atoms with van der Waals surface area (Å²) in [6, 6.07) is 8.98. The molecule has 0 saturated carbocycles. The number of anilines is 1. The predicted octanol–water partition coefficient (Wildman–Crippen LogP) is 6.21. The Balaban J connectivity index is 1.74. The number of hydrogen-bond acceptors (Lipinski definition) is 5. The van der Waals surface area contributed by atoms with Gasteiger partial charge in [-0.3, -0.25) is 9.36 Å². The number of nitrogens with zero attached hydrogens (tertiary/aromatic N) is 3. The minimum absolute atomic E-state index is 0.00141. The minimum Gasteiger partial charge on any atom is -0.361 e. The van der Waals surface area contributed by atoms with Gasteiger partial charge in [-0.1, -0.05) is 43.4 Å². The Morgan fingerprint density at radius 1 is 1.27 bits per heavy atom. The molecule has 0 bridgehead atoms. The van der Waals surface area contributed by atoms with Gasteiger partial charge < -0.3 is 15.0 Å². The fraction of sp³-hybridized carbons (Fsp3) is 0.481. The number of nitrogens with one attached hydrogen (secondary N) is 1. The highest BCUT2D eigenvalue weighted by Crippen LogP contribution is 2.30. The van der Waals surface area contributed by atoms with Crippen LogP contribution in [0.25, 0.3) is 11.0 Å². The molecule has 1 unspecified atom stereocenters. The van der Waals surface area contributed by atoms with Gasteiger partial charge >= 0.3 is 0 Å². The first-order valence-corrected chi connectivity index (χ1v) is 16.8. The van der Waals surface area contributed by atoms with Crippen molar-refractivity contribution in [3.8, 4) is 0 Å². The number of ketones is 1. The average Bonchev–Trinajstić information content (AvgIpc) is 3.16. The Morgan fingerprint density at radius 2 is 2.05 bits per heavy atom. The van der Waals surface area contributed by atoms with Crippen LogP contribution >= 0.6 is 11.6 Å². The number of imidazole rings is 1. The van der Waals surface area contributed by atoms with Crippen LogP contribution in [0.5, 0.6) is 0 Å². The van der Waals surface area contributed by atoms with Crippen molar-refractivity contribution in [1.29, 1.82) is 0 Å². The van der Waals surface area contributed by atoms with Crippen LogP contribution in [0.15, 0.2) is 30.3 Å². The molecule has 3 aromatic rings. The number of carbonyl (C=O) groups excluding carboxylic acids is 1. The Hall–Kier alpha value is -2.33. The molecule has 1 aliphatic heterocycles. The molecule has 0 spiro atoms. The summed E-state index contributed by atoms with van der Waals surface area (Å²) in [6.45, 7) is 9.22. The molecule has 1 aliphatic rings. The lowest BCUT2D eigenvalue weighted by Crippen LogP contribution is -2.40. The van der Waals surface area contributed by atoms with Gasteiger partial charge in [0, 0.05) is 44.3 Å². The molecule has 0 amide bonds. The van der Waals surface area contributed by atoms with E-state index in [0.29, 0.717) is 23.1 Å². The zero-order valence-corrected chi connectivity index (χ0v) is 23.7. The van der Waals surface area contributed by atoms with E-state index in [1.54, 1.807) is 28.8 Å². The number of Topliss-reactive ketones (excluding diaryl/α,β-unsaturated/α-hetero) is 1. The highest BCUT2D eigenvalue weighted by atomic mass is 35.5. The molecule has 2 aromatic carbocycles. The predicted molar refractivity (Wildman–Crippen MR) is 147 cm³/mol. The van der Waals surface area contributed by atoms with Crippen LogP contribution in [0.2, 0.25) is 30.7 Å². The fourth-order valence-corrected chi connectivity index (χ4v) is 5.60. The second kappa shape index (κ2) is 11.6. The van der Waals surface area contributed by atoms with Gasteiger partial charge in [0.15, 0.2) is 17.4 Å². The van der Waals surface area contributed by atoms with Gasteiger partial charge in [-0.25, -0.2) is 13.8 Å². The monoisotopic (exact) mass is 548 g/mol. The standard InChI is InChI=1S/C27H35ClF2N4O2Si/c1-33-10-6-9-20(16-33)31-27-32-25-24(30)22(29)15-21(23(35)14-18-7-5-8-19(28)13-18)26(25)34(27)17-36-11-12-37(2,3)4/h5,7-8,13,15,20H,6,9-12,14,16-17H2,1-4H3,(H,31,32). The molecule has 2 heterocycles. The molecule has 37 heavy (non-hydrogen) atoms. The van der Waals surface area contributed by atoms with E-state index in [4.69, 9.17) is 16.3 Å². The second-order valence-corrected chi connectivity index (χ2v) is 17.2. The third-order valence-corrected chi connectivity index (χ3v) is 8.58. The molecule has 6 nitrogen and oxygen atoms in total. The van der Waals surface area contributed by atoms with E-state index in [-0.39, 0.29) is 41.6 Å². The summed E-state index contributed by atoms with van der Waals surface area (Å²) in [5, 5.41) is 3.92. The van der Waals surface area contributed by atoms with Crippen molar-refractivity contribution in [2.45, 2.75) is 57.7 Å². The minimum atomic E-state index is -1.33. The first-order chi connectivity index (χ1) is 17.5. The SMILES string of the molecule is CN1CCCC(Nc2nc3c(F)c(F)cc(C(=O)Cc4cccc(Cl)c4)c3n2COCC[Si](C)(C)C)C1. The van der Waals surface area contributed by atoms with Crippen LogP contribution in [0, 0.1) is 11.6 Å². The van der Waals surface area contributed by atoms with Crippen LogP contribution in [-0.2, 0) is 17.9 Å². The third-order valence-electron chi connectivity index (χ3n) is 6.64. The van der Waals surface area contributed by atoms with E-state index in [0.717, 1.165) is 38.0 Å². The van der Waals surface area contributed by atoms with Gasteiger partial charge in [-0.15, -0.1) is 0 Å². The van der Waals surface area contributed by atoms with E-state index in [9.17, 15) is 9.18 Å². The van der Waals surface area contributed by atoms with Crippen molar-refractivity contribution < 1.29 is 18.3 Å². The Labute approximate surface area is 223 Å². The highest BCUT2D eigenvalue weighted by molar-refractivity contribution is 6.76. The topological polar surface area (TPSA) is 59.4 Å². The lowest BCUT2D eigenvalue weighted by atomic mass is 10.0. The molecule has 0 radical (unpaired) electrons. The largest absolute Gasteiger partial charge is 0.361 e. The maximum absolute atomic E-state index is 15.0. The lowest BCUT2D eigenvalue weighted by Gasteiger charge is -2.30. The van der Waals surface area contributed by atoms with Crippen LogP contribution in [-0.4, -0.2) is 61.1 Å². The molecule has 10 heteroatoms. The summed E-state index contributed by atoms with van der Waals surface area (Å²) < 4.78 is 37.5. The first kappa shape index (κ1) is 27.7. The number of ether oxygens (including phenoxy) is 1. The molecule has 1 fully saturated rings. The third kappa shape index (κ3) is 6.96. The number of hydrogen-bond donors (Lipinski definition) is 1. The van der Waals surface area contributed by atoms with Crippen LogP contribution in [0.3, 0.4) is 0 Å². The molecular weight excluding hydrogens is 514 g/mol. The number of aromatic nitrogens is 2. The normalized spacial score (nSPS) is 16.9. The molecule has 1 saturated heterocycles. The Bertz CT molecular complexity index is 1280. The second-order valence-electron chi connectivity index (χ2n) is 11.1. The van der Waals surface area contributed by atoms with Gasteiger partial charge in [0.2, 0.25) is 5.95 Å². The number of piperidine rings is 1. The zero-order chi connectivity index (χ0) is 26.7. The first-order valence-electron chi connectivity index (χ1n) is 12.7. The molecular formula is C27H35ClF2N4O2Si. The molecule has 200 valence electrons. The number of carbonyl (C=O) groups is 1. The Kier molecular flexibility index (Phi) is 8.68. The van der Waals surface area contributed by atoms with Gasteiger partial charge in [0.25, 0.3) is 0 Å². The van der Waals surface area contributed by atoms with Gasteiger partial charge in [-0.05, 0) is 56.2 Å². The summed E-state index contributed by atoms with van der Waals surface area (Å²) in [6.07, 6.45) is 1.95. The number of likely N-dealkylation sites (N-methyl/N-ethyl adjacent to an activating group) is 1. The van der Waals surface area contributed by atoms with E-state index < -0.39 is 19.7 Å². The maximum Gasteiger partial charge on any atom is 0.206 e. The Morgan fingerprint density at radius 3 is 2.76 bits per heavy atom. The number of halogens is 3. The van der Waals surface area contributed by atoms with E-state index in [1.807, 2.05) is 0 Å². The zero-order valence-electron chi connectivity index (χ0n) is 21.9. The van der Waals surface area contributed by atoms with Gasteiger partial charge in [0.05, 0.1) is 5.52 Å². The maximum atomic E-state index is 15.0. The number of fused-ring (bicyclic) bond motifs is 1. The molecule has 4 rings (SSSR count). The van der Waals surface area contributed by atoms with Gasteiger partial charge in [0.1, 0.15) is 12.2 Å². The molecule has 0 aliphatic carbocycles. The van der Waals surface area contributed by atoms with E-state index in [1.165, 1.54) is 0 Å². The van der Waals surface area contributed by atoms with Crippen molar-refractivity contribution in [1.82, 2.24) is 14.5 Å². The summed E-state index contributed by atoms with van der Waals surface area (Å²) in [5.74, 6) is -2.14.